The van der Waals surface area contributed by atoms with Crippen LogP contribution in [0.1, 0.15) is 36.8 Å². The predicted molar refractivity (Wildman–Crippen MR) is 98.5 cm³/mol. The summed E-state index contributed by atoms with van der Waals surface area (Å²) in [6, 6.07) is 10.8. The number of oxazole rings is 2. The normalized spacial score (nSPS) is 11.3. The third-order valence-electron chi connectivity index (χ3n) is 4.14. The molecular formula is C21H18FN3O2. The molecule has 0 aliphatic rings. The van der Waals surface area contributed by atoms with Crippen molar-refractivity contribution in [2.24, 2.45) is 0 Å². The maximum atomic E-state index is 13.0. The fourth-order valence-corrected chi connectivity index (χ4v) is 2.71. The molecule has 1 aromatic carbocycles. The van der Waals surface area contributed by atoms with Crippen molar-refractivity contribution in [3.8, 4) is 23.0 Å². The molecule has 0 saturated carbocycles. The van der Waals surface area contributed by atoms with Gasteiger partial charge >= 0.3 is 0 Å². The third-order valence-corrected chi connectivity index (χ3v) is 4.14. The number of hydrogen-bond acceptors (Lipinski definition) is 5. The van der Waals surface area contributed by atoms with Crippen LogP contribution in [-0.2, 0) is 6.42 Å². The molecule has 4 aromatic rings. The second-order valence-corrected chi connectivity index (χ2v) is 6.59. The van der Waals surface area contributed by atoms with E-state index in [1.165, 1.54) is 6.07 Å². The highest BCUT2D eigenvalue weighted by Gasteiger charge is 2.12. The van der Waals surface area contributed by atoms with E-state index in [0.29, 0.717) is 35.6 Å². The van der Waals surface area contributed by atoms with Gasteiger partial charge in [0, 0.05) is 17.9 Å². The van der Waals surface area contributed by atoms with E-state index in [1.807, 2.05) is 24.3 Å². The molecule has 0 aliphatic carbocycles. The van der Waals surface area contributed by atoms with Crippen LogP contribution in [0.15, 0.2) is 63.8 Å². The van der Waals surface area contributed by atoms with Crippen LogP contribution in [0.5, 0.6) is 0 Å². The number of nitrogens with zero attached hydrogens (tertiary/aromatic N) is 3. The molecule has 0 saturated heterocycles. The van der Waals surface area contributed by atoms with Gasteiger partial charge in [-0.1, -0.05) is 26.0 Å². The first-order valence-corrected chi connectivity index (χ1v) is 8.70. The Morgan fingerprint density at radius 3 is 2.52 bits per heavy atom. The minimum atomic E-state index is -0.394. The van der Waals surface area contributed by atoms with Crippen LogP contribution in [0, 0.1) is 5.82 Å². The fraction of sp³-hybridized carbons (Fsp3) is 0.190. The molecule has 27 heavy (non-hydrogen) atoms. The van der Waals surface area contributed by atoms with Crippen LogP contribution in [-0.4, -0.2) is 15.0 Å². The first-order valence-electron chi connectivity index (χ1n) is 8.70. The van der Waals surface area contributed by atoms with Gasteiger partial charge in [-0.3, -0.25) is 0 Å². The Morgan fingerprint density at radius 2 is 1.78 bits per heavy atom. The first kappa shape index (κ1) is 17.1. The van der Waals surface area contributed by atoms with Crippen LogP contribution in [0.4, 0.5) is 4.39 Å². The van der Waals surface area contributed by atoms with E-state index in [0.717, 1.165) is 23.1 Å². The lowest BCUT2D eigenvalue weighted by Crippen LogP contribution is -1.87. The summed E-state index contributed by atoms with van der Waals surface area (Å²) in [4.78, 5) is 12.6. The van der Waals surface area contributed by atoms with Crippen molar-refractivity contribution >= 4 is 0 Å². The summed E-state index contributed by atoms with van der Waals surface area (Å²) < 4.78 is 24.6. The van der Waals surface area contributed by atoms with E-state index < -0.39 is 5.82 Å². The summed E-state index contributed by atoms with van der Waals surface area (Å²) in [7, 11) is 0. The van der Waals surface area contributed by atoms with Gasteiger partial charge in [-0.25, -0.2) is 19.3 Å². The van der Waals surface area contributed by atoms with E-state index >= 15 is 0 Å². The zero-order chi connectivity index (χ0) is 18.8. The Hall–Kier alpha value is -3.28. The second-order valence-electron chi connectivity index (χ2n) is 6.59. The van der Waals surface area contributed by atoms with E-state index in [4.69, 9.17) is 8.83 Å². The Bertz CT molecular complexity index is 1050. The van der Waals surface area contributed by atoms with E-state index in [2.05, 4.69) is 28.8 Å². The summed E-state index contributed by atoms with van der Waals surface area (Å²) in [5, 5.41) is 0. The van der Waals surface area contributed by atoms with Crippen molar-refractivity contribution < 1.29 is 13.2 Å². The van der Waals surface area contributed by atoms with Crippen molar-refractivity contribution in [1.82, 2.24) is 15.0 Å². The maximum Gasteiger partial charge on any atom is 0.245 e. The van der Waals surface area contributed by atoms with Crippen LogP contribution < -0.4 is 0 Å². The smallest absolute Gasteiger partial charge is 0.245 e. The van der Waals surface area contributed by atoms with Gasteiger partial charge in [-0.2, -0.15) is 0 Å². The monoisotopic (exact) mass is 363 g/mol. The number of hydrogen-bond donors (Lipinski definition) is 0. The molecule has 0 atom stereocenters. The zero-order valence-electron chi connectivity index (χ0n) is 15.0. The van der Waals surface area contributed by atoms with Gasteiger partial charge in [-0.05, 0) is 29.8 Å². The third kappa shape index (κ3) is 3.79. The molecule has 0 amide bonds. The maximum absolute atomic E-state index is 13.0. The highest BCUT2D eigenvalue weighted by molar-refractivity contribution is 5.55. The van der Waals surface area contributed by atoms with Crippen LogP contribution in [0.3, 0.4) is 0 Å². The van der Waals surface area contributed by atoms with E-state index in [-0.39, 0.29) is 0 Å². The molecule has 0 N–H and O–H groups in total. The van der Waals surface area contributed by atoms with Crippen molar-refractivity contribution in [1.29, 1.82) is 0 Å². The predicted octanol–water partition coefficient (Wildman–Crippen LogP) is 5.24. The molecule has 0 fully saturated rings. The molecule has 0 spiro atoms. The van der Waals surface area contributed by atoms with Gasteiger partial charge in [0.1, 0.15) is 23.0 Å². The molecular weight excluding hydrogens is 345 g/mol. The van der Waals surface area contributed by atoms with Gasteiger partial charge in [0.25, 0.3) is 0 Å². The Morgan fingerprint density at radius 1 is 0.926 bits per heavy atom. The summed E-state index contributed by atoms with van der Waals surface area (Å²) >= 11 is 0. The lowest BCUT2D eigenvalue weighted by Gasteiger charge is -2.02. The minimum Gasteiger partial charge on any atom is -0.441 e. The summed E-state index contributed by atoms with van der Waals surface area (Å²) in [5.74, 6) is 2.44. The standard InChI is InChI=1S/C21H18FN3O2/c1-13(2)19-12-25-20(27-19)15-5-3-4-14(8-15)9-17-11-24-21(26-17)18-7-6-16(22)10-23-18/h3-8,10-13H,9H2,1-2H3. The molecule has 3 aromatic heterocycles. The molecule has 0 aliphatic heterocycles. The lowest BCUT2D eigenvalue weighted by molar-refractivity contribution is 0.495. The van der Waals surface area contributed by atoms with E-state index in [9.17, 15) is 4.39 Å². The summed E-state index contributed by atoms with van der Waals surface area (Å²) in [5.41, 5.74) is 2.46. The average molecular weight is 363 g/mol. The average Bonchev–Trinajstić information content (AvgIpc) is 3.32. The number of halogens is 1. The summed E-state index contributed by atoms with van der Waals surface area (Å²) in [6.45, 7) is 4.14. The minimum absolute atomic E-state index is 0.294. The highest BCUT2D eigenvalue weighted by Crippen LogP contribution is 2.25. The largest absolute Gasteiger partial charge is 0.441 e. The lowest BCUT2D eigenvalue weighted by atomic mass is 10.1. The van der Waals surface area contributed by atoms with Gasteiger partial charge in [0.05, 0.1) is 18.6 Å². The Labute approximate surface area is 155 Å². The van der Waals surface area contributed by atoms with Crippen LogP contribution in [0.2, 0.25) is 0 Å². The van der Waals surface area contributed by atoms with Crippen molar-refractivity contribution in [2.45, 2.75) is 26.2 Å². The quantitative estimate of drug-likeness (QED) is 0.485. The van der Waals surface area contributed by atoms with Gasteiger partial charge < -0.3 is 8.83 Å². The second kappa shape index (κ2) is 7.15. The van der Waals surface area contributed by atoms with Gasteiger partial charge in [-0.15, -0.1) is 0 Å². The SMILES string of the molecule is CC(C)c1cnc(-c2cccc(Cc3cnc(-c4ccc(F)cn4)o3)c2)o1. The van der Waals surface area contributed by atoms with Gasteiger partial charge in [0.15, 0.2) is 0 Å². The van der Waals surface area contributed by atoms with Crippen molar-refractivity contribution in [3.63, 3.8) is 0 Å². The number of aromatic nitrogens is 3. The molecule has 6 heteroatoms. The fourth-order valence-electron chi connectivity index (χ4n) is 2.71. The van der Waals surface area contributed by atoms with Crippen LogP contribution in [0.25, 0.3) is 23.0 Å². The topological polar surface area (TPSA) is 65.0 Å². The number of pyridine rings is 1. The Kier molecular flexibility index (Phi) is 4.54. The van der Waals surface area contributed by atoms with Crippen molar-refractivity contribution in [2.75, 3.05) is 0 Å². The van der Waals surface area contributed by atoms with Crippen LogP contribution >= 0.6 is 0 Å². The zero-order valence-corrected chi connectivity index (χ0v) is 15.0. The molecule has 5 nitrogen and oxygen atoms in total. The number of rotatable bonds is 5. The molecule has 0 bridgehead atoms. The molecule has 0 radical (unpaired) electrons. The first-order chi connectivity index (χ1) is 13.1. The van der Waals surface area contributed by atoms with Gasteiger partial charge in [0.2, 0.25) is 11.8 Å². The van der Waals surface area contributed by atoms with Crippen molar-refractivity contribution in [3.05, 3.63) is 77.9 Å². The highest BCUT2D eigenvalue weighted by atomic mass is 19.1. The van der Waals surface area contributed by atoms with E-state index in [1.54, 1.807) is 18.5 Å². The Balaban J connectivity index is 1.54. The molecule has 0 unspecified atom stereocenters. The number of benzene rings is 1. The molecule has 4 rings (SSSR count). The molecule has 3 heterocycles. The summed E-state index contributed by atoms with van der Waals surface area (Å²) in [6.07, 6.45) is 5.14. The molecule has 136 valence electrons.